The van der Waals surface area contributed by atoms with Gasteiger partial charge in [-0.2, -0.15) is 5.10 Å². The maximum atomic E-state index is 12.7. The number of hydrogen-bond donors (Lipinski definition) is 2. The Bertz CT molecular complexity index is 741. The van der Waals surface area contributed by atoms with Crippen LogP contribution in [0.1, 0.15) is 24.2 Å². The first-order valence-electron chi connectivity index (χ1n) is 7.78. The molecule has 8 nitrogen and oxygen atoms in total. The Morgan fingerprint density at radius 1 is 1.28 bits per heavy atom. The molecule has 25 heavy (non-hydrogen) atoms. The van der Waals surface area contributed by atoms with Crippen LogP contribution in [0.25, 0.3) is 5.69 Å². The van der Waals surface area contributed by atoms with Crippen molar-refractivity contribution in [3.8, 4) is 5.69 Å². The maximum absolute atomic E-state index is 12.7. The number of rotatable bonds is 7. The molecule has 1 aromatic heterocycles. The number of benzene rings is 1. The Labute approximate surface area is 145 Å². The highest BCUT2D eigenvalue weighted by molar-refractivity contribution is 5.96. The predicted octanol–water partition coefficient (Wildman–Crippen LogP) is 0.924. The molecule has 0 aliphatic carbocycles. The summed E-state index contributed by atoms with van der Waals surface area (Å²) in [4.78, 5) is 36.2. The molecule has 8 heteroatoms. The van der Waals surface area contributed by atoms with Crippen LogP contribution in [-0.2, 0) is 9.59 Å². The van der Waals surface area contributed by atoms with Gasteiger partial charge in [0.15, 0.2) is 0 Å². The molecule has 0 radical (unpaired) electrons. The number of nitrogens with zero attached hydrogens (tertiary/aromatic N) is 3. The largest absolute Gasteiger partial charge is 0.480 e. The average Bonchev–Trinajstić information content (AvgIpc) is 3.12. The summed E-state index contributed by atoms with van der Waals surface area (Å²) in [7, 11) is 0. The van der Waals surface area contributed by atoms with E-state index in [0.29, 0.717) is 5.56 Å². The molecular weight excluding hydrogens is 324 g/mol. The van der Waals surface area contributed by atoms with E-state index in [9.17, 15) is 19.5 Å². The lowest BCUT2D eigenvalue weighted by Gasteiger charge is -2.26. The zero-order valence-corrected chi connectivity index (χ0v) is 14.0. The van der Waals surface area contributed by atoms with Gasteiger partial charge in [-0.1, -0.05) is 0 Å². The van der Waals surface area contributed by atoms with Gasteiger partial charge in [0.2, 0.25) is 5.91 Å². The molecule has 0 bridgehead atoms. The van der Waals surface area contributed by atoms with Crippen molar-refractivity contribution in [1.29, 1.82) is 0 Å². The predicted molar refractivity (Wildman–Crippen MR) is 90.4 cm³/mol. The van der Waals surface area contributed by atoms with Crippen molar-refractivity contribution in [1.82, 2.24) is 20.0 Å². The van der Waals surface area contributed by atoms with E-state index in [1.807, 2.05) is 0 Å². The van der Waals surface area contributed by atoms with Crippen molar-refractivity contribution in [2.75, 3.05) is 13.1 Å². The molecule has 132 valence electrons. The van der Waals surface area contributed by atoms with Gasteiger partial charge in [-0.15, -0.1) is 0 Å². The van der Waals surface area contributed by atoms with Crippen LogP contribution in [0.3, 0.4) is 0 Å². The van der Waals surface area contributed by atoms with Crippen molar-refractivity contribution in [2.45, 2.75) is 19.9 Å². The summed E-state index contributed by atoms with van der Waals surface area (Å²) in [5.41, 5.74) is 1.16. The van der Waals surface area contributed by atoms with E-state index in [4.69, 9.17) is 0 Å². The fourth-order valence-corrected chi connectivity index (χ4v) is 2.30. The van der Waals surface area contributed by atoms with Crippen molar-refractivity contribution in [3.05, 3.63) is 48.3 Å². The first-order valence-corrected chi connectivity index (χ1v) is 7.78. The lowest BCUT2D eigenvalue weighted by Crippen LogP contribution is -2.46. The SMILES string of the molecule is CC(=O)NCCN(C(=O)c1ccc(-n2cccn2)cc1)C(C)C(=O)O. The highest BCUT2D eigenvalue weighted by Crippen LogP contribution is 2.13. The van der Waals surface area contributed by atoms with Crippen LogP contribution >= 0.6 is 0 Å². The number of carboxylic acid groups (broad SMARTS) is 1. The topological polar surface area (TPSA) is 105 Å². The van der Waals surface area contributed by atoms with Crippen LogP contribution in [0.5, 0.6) is 0 Å². The summed E-state index contributed by atoms with van der Waals surface area (Å²) in [5.74, 6) is -1.75. The minimum Gasteiger partial charge on any atom is -0.480 e. The number of aromatic nitrogens is 2. The standard InChI is InChI=1S/C17H20N4O4/c1-12(17(24)25)20(11-9-18-13(2)22)16(23)14-4-6-15(7-5-14)21-10-3-8-19-21/h3-8,10,12H,9,11H2,1-2H3,(H,18,22)(H,24,25). The first-order chi connectivity index (χ1) is 11.9. The molecule has 1 heterocycles. The normalized spacial score (nSPS) is 11.6. The van der Waals surface area contributed by atoms with Gasteiger partial charge in [0, 0.05) is 38.0 Å². The second kappa shape index (κ2) is 8.09. The average molecular weight is 344 g/mol. The van der Waals surface area contributed by atoms with Gasteiger partial charge in [0.05, 0.1) is 5.69 Å². The summed E-state index contributed by atoms with van der Waals surface area (Å²) < 4.78 is 1.66. The summed E-state index contributed by atoms with van der Waals surface area (Å²) >= 11 is 0. The third-order valence-electron chi connectivity index (χ3n) is 3.70. The second-order valence-electron chi connectivity index (χ2n) is 5.49. The molecule has 2 rings (SSSR count). The number of nitrogens with one attached hydrogen (secondary N) is 1. The Hall–Kier alpha value is -3.16. The number of carbonyl (C=O) groups is 3. The maximum Gasteiger partial charge on any atom is 0.326 e. The molecule has 1 aromatic carbocycles. The van der Waals surface area contributed by atoms with Crippen molar-refractivity contribution in [2.24, 2.45) is 0 Å². The molecule has 0 aliphatic heterocycles. The molecule has 0 spiro atoms. The van der Waals surface area contributed by atoms with Gasteiger partial charge >= 0.3 is 5.97 Å². The van der Waals surface area contributed by atoms with Crippen LogP contribution in [0.15, 0.2) is 42.7 Å². The summed E-state index contributed by atoms with van der Waals surface area (Å²) in [6.45, 7) is 3.09. The number of aliphatic carboxylic acids is 1. The zero-order valence-electron chi connectivity index (χ0n) is 14.0. The van der Waals surface area contributed by atoms with Crippen molar-refractivity contribution < 1.29 is 19.5 Å². The Morgan fingerprint density at radius 2 is 1.96 bits per heavy atom. The number of carbonyl (C=O) groups excluding carboxylic acids is 2. The number of carboxylic acids is 1. The quantitative estimate of drug-likeness (QED) is 0.777. The summed E-state index contributed by atoms with van der Waals surface area (Å²) in [6.07, 6.45) is 3.43. The van der Waals surface area contributed by atoms with E-state index in [2.05, 4.69) is 10.4 Å². The Balaban J connectivity index is 2.16. The van der Waals surface area contributed by atoms with E-state index in [1.165, 1.54) is 18.7 Å². The highest BCUT2D eigenvalue weighted by atomic mass is 16.4. The smallest absolute Gasteiger partial charge is 0.326 e. The minimum absolute atomic E-state index is 0.104. The molecule has 0 saturated heterocycles. The number of amides is 2. The van der Waals surface area contributed by atoms with E-state index >= 15 is 0 Å². The molecule has 1 unspecified atom stereocenters. The van der Waals surface area contributed by atoms with Crippen molar-refractivity contribution >= 4 is 17.8 Å². The number of hydrogen-bond acceptors (Lipinski definition) is 4. The lowest BCUT2D eigenvalue weighted by molar-refractivity contribution is -0.141. The monoisotopic (exact) mass is 344 g/mol. The van der Waals surface area contributed by atoms with E-state index < -0.39 is 17.9 Å². The zero-order chi connectivity index (χ0) is 18.4. The molecule has 2 amide bonds. The van der Waals surface area contributed by atoms with Crippen LogP contribution in [0, 0.1) is 0 Å². The van der Waals surface area contributed by atoms with Gasteiger partial charge in [0.25, 0.3) is 5.91 Å². The first kappa shape index (κ1) is 18.2. The van der Waals surface area contributed by atoms with E-state index in [0.717, 1.165) is 5.69 Å². The lowest BCUT2D eigenvalue weighted by atomic mass is 10.1. The van der Waals surface area contributed by atoms with Crippen LogP contribution in [-0.4, -0.2) is 56.7 Å². The van der Waals surface area contributed by atoms with Gasteiger partial charge in [-0.05, 0) is 37.3 Å². The summed E-state index contributed by atoms with van der Waals surface area (Å²) in [6, 6.07) is 7.50. The summed E-state index contributed by atoms with van der Waals surface area (Å²) in [5, 5.41) is 15.9. The Kier molecular flexibility index (Phi) is 5.89. The van der Waals surface area contributed by atoms with Crippen LogP contribution < -0.4 is 5.32 Å². The third-order valence-corrected chi connectivity index (χ3v) is 3.70. The van der Waals surface area contributed by atoms with Gasteiger partial charge in [-0.25, -0.2) is 9.48 Å². The fraction of sp³-hybridized carbons (Fsp3) is 0.294. The van der Waals surface area contributed by atoms with Gasteiger partial charge in [0.1, 0.15) is 6.04 Å². The molecule has 0 fully saturated rings. The highest BCUT2D eigenvalue weighted by Gasteiger charge is 2.26. The van der Waals surface area contributed by atoms with Gasteiger partial charge in [-0.3, -0.25) is 9.59 Å². The van der Waals surface area contributed by atoms with Crippen LogP contribution in [0.4, 0.5) is 0 Å². The Morgan fingerprint density at radius 3 is 2.48 bits per heavy atom. The van der Waals surface area contributed by atoms with E-state index in [-0.39, 0.29) is 19.0 Å². The molecule has 0 aliphatic rings. The molecule has 0 saturated carbocycles. The third kappa shape index (κ3) is 4.66. The molecule has 2 N–H and O–H groups in total. The minimum atomic E-state index is -1.11. The molecule has 2 aromatic rings. The molecule has 1 atom stereocenters. The van der Waals surface area contributed by atoms with Crippen molar-refractivity contribution in [3.63, 3.8) is 0 Å². The van der Waals surface area contributed by atoms with E-state index in [1.54, 1.807) is 47.4 Å². The second-order valence-corrected chi connectivity index (χ2v) is 5.49. The molecular formula is C17H20N4O4. The van der Waals surface area contributed by atoms with Crippen LogP contribution in [0.2, 0.25) is 0 Å². The van der Waals surface area contributed by atoms with Gasteiger partial charge < -0.3 is 15.3 Å². The fourth-order valence-electron chi connectivity index (χ4n) is 2.30.